The van der Waals surface area contributed by atoms with E-state index in [1.165, 1.54) is 29.5 Å². The van der Waals surface area contributed by atoms with Crippen LogP contribution in [-0.2, 0) is 12.7 Å². The Hall–Kier alpha value is -2.69. The van der Waals surface area contributed by atoms with Crippen molar-refractivity contribution in [3.8, 4) is 11.3 Å². The molecule has 3 heterocycles. The Morgan fingerprint density at radius 3 is 2.68 bits per heavy atom. The number of anilines is 1. The van der Waals surface area contributed by atoms with Crippen molar-refractivity contribution in [2.75, 3.05) is 32.5 Å². The summed E-state index contributed by atoms with van der Waals surface area (Å²) >= 11 is 1.35. The molecule has 10 heteroatoms. The number of rotatable bonds is 6. The second-order valence-electron chi connectivity index (χ2n) is 8.73. The molecular weight excluding hydrogens is 465 g/mol. The van der Waals surface area contributed by atoms with Crippen LogP contribution < -0.4 is 5.32 Å². The Morgan fingerprint density at radius 1 is 1.26 bits per heavy atom. The number of piperidine rings is 1. The number of hydrogen-bond donors (Lipinski definition) is 1. The van der Waals surface area contributed by atoms with E-state index >= 15 is 0 Å². The average Bonchev–Trinajstić information content (AvgIpc) is 3.39. The molecule has 2 aromatic heterocycles. The molecule has 0 unspecified atom stereocenters. The zero-order chi connectivity index (χ0) is 24.5. The largest absolute Gasteiger partial charge is 0.461 e. The molecule has 0 bridgehead atoms. The van der Waals surface area contributed by atoms with E-state index in [2.05, 4.69) is 34.2 Å². The molecular formula is C24H27F3N4O2S. The average molecular weight is 493 g/mol. The van der Waals surface area contributed by atoms with Gasteiger partial charge in [-0.1, -0.05) is 12.1 Å². The van der Waals surface area contributed by atoms with Gasteiger partial charge in [-0.15, -0.1) is 11.3 Å². The van der Waals surface area contributed by atoms with Crippen LogP contribution in [0.25, 0.3) is 11.3 Å². The van der Waals surface area contributed by atoms with Gasteiger partial charge in [0.2, 0.25) is 0 Å². The molecule has 1 aliphatic heterocycles. The number of aryl methyl sites for hydroxylation is 1. The highest BCUT2D eigenvalue weighted by atomic mass is 32.1. The second-order valence-corrected chi connectivity index (χ2v) is 9.59. The van der Waals surface area contributed by atoms with Crippen LogP contribution >= 0.6 is 11.3 Å². The minimum absolute atomic E-state index is 0.203. The van der Waals surface area contributed by atoms with E-state index in [9.17, 15) is 18.0 Å². The van der Waals surface area contributed by atoms with Crippen molar-refractivity contribution in [3.63, 3.8) is 0 Å². The number of carbonyl (C=O) groups excluding carboxylic acids is 1. The standard InChI is InChI=1S/C24H27F3N4O2S/c1-15-20(12-21(33-15)16-5-4-6-17(11-16)24(25,26)27)22(32)29-23-28-18(14-34-23)13-31-9-7-19(8-10-31)30(2)3/h4-6,11-12,14,19H,7-10,13H2,1-3H3,(H,28,29,32). The van der Waals surface area contributed by atoms with Crippen molar-refractivity contribution in [1.82, 2.24) is 14.8 Å². The lowest BCUT2D eigenvalue weighted by Crippen LogP contribution is -2.41. The SMILES string of the molecule is Cc1oc(-c2cccc(C(F)(F)F)c2)cc1C(=O)Nc1nc(CN2CCC(N(C)C)CC2)cs1. The number of benzene rings is 1. The highest BCUT2D eigenvalue weighted by Crippen LogP contribution is 2.33. The fraction of sp³-hybridized carbons (Fsp3) is 0.417. The Morgan fingerprint density at radius 2 is 2.00 bits per heavy atom. The number of likely N-dealkylation sites (tertiary alicyclic amines) is 1. The Kier molecular flexibility index (Phi) is 7.11. The van der Waals surface area contributed by atoms with E-state index in [0.29, 0.717) is 16.9 Å². The van der Waals surface area contributed by atoms with E-state index in [4.69, 9.17) is 4.42 Å². The number of nitrogens with zero attached hydrogens (tertiary/aromatic N) is 3. The minimum atomic E-state index is -4.46. The number of alkyl halides is 3. The maximum absolute atomic E-state index is 13.0. The summed E-state index contributed by atoms with van der Waals surface area (Å²) in [6, 6.07) is 6.91. The summed E-state index contributed by atoms with van der Waals surface area (Å²) in [5, 5.41) is 5.19. The Bertz CT molecular complexity index is 1150. The monoisotopic (exact) mass is 492 g/mol. The Balaban J connectivity index is 1.40. The molecule has 1 aliphatic rings. The highest BCUT2D eigenvalue weighted by Gasteiger charge is 2.31. The van der Waals surface area contributed by atoms with Crippen LogP contribution in [0.5, 0.6) is 0 Å². The number of furan rings is 1. The molecule has 0 saturated carbocycles. The molecule has 1 saturated heterocycles. The topological polar surface area (TPSA) is 61.6 Å². The molecule has 0 radical (unpaired) electrons. The van der Waals surface area contributed by atoms with Crippen LogP contribution in [0, 0.1) is 6.92 Å². The van der Waals surface area contributed by atoms with Crippen LogP contribution in [0.4, 0.5) is 18.3 Å². The van der Waals surface area contributed by atoms with E-state index in [1.807, 2.05) is 5.38 Å². The van der Waals surface area contributed by atoms with Crippen molar-refractivity contribution in [1.29, 1.82) is 0 Å². The van der Waals surface area contributed by atoms with Gasteiger partial charge in [-0.25, -0.2) is 4.98 Å². The lowest BCUT2D eigenvalue weighted by atomic mass is 10.0. The summed E-state index contributed by atoms with van der Waals surface area (Å²) in [5.74, 6) is 0.118. The second kappa shape index (κ2) is 9.89. The van der Waals surface area contributed by atoms with Gasteiger partial charge in [0.1, 0.15) is 11.5 Å². The molecule has 1 N–H and O–H groups in total. The predicted molar refractivity (Wildman–Crippen MR) is 126 cm³/mol. The third-order valence-electron chi connectivity index (χ3n) is 6.08. The summed E-state index contributed by atoms with van der Waals surface area (Å²) in [6.07, 6.45) is -2.22. The number of amides is 1. The van der Waals surface area contributed by atoms with Gasteiger partial charge in [0.05, 0.1) is 16.8 Å². The van der Waals surface area contributed by atoms with Gasteiger partial charge in [0, 0.05) is 36.6 Å². The first-order chi connectivity index (χ1) is 16.1. The third-order valence-corrected chi connectivity index (χ3v) is 6.89. The first-order valence-corrected chi connectivity index (χ1v) is 11.9. The minimum Gasteiger partial charge on any atom is -0.461 e. The van der Waals surface area contributed by atoms with Crippen LogP contribution in [0.1, 0.15) is 40.2 Å². The maximum Gasteiger partial charge on any atom is 0.416 e. The molecule has 3 aromatic rings. The van der Waals surface area contributed by atoms with Crippen molar-refractivity contribution in [3.05, 3.63) is 58.3 Å². The molecule has 6 nitrogen and oxygen atoms in total. The van der Waals surface area contributed by atoms with E-state index in [-0.39, 0.29) is 16.9 Å². The zero-order valence-electron chi connectivity index (χ0n) is 19.3. The van der Waals surface area contributed by atoms with Crippen molar-refractivity contribution >= 4 is 22.4 Å². The van der Waals surface area contributed by atoms with Crippen LogP contribution in [-0.4, -0.2) is 53.9 Å². The first-order valence-electron chi connectivity index (χ1n) is 11.0. The van der Waals surface area contributed by atoms with Crippen molar-refractivity contribution < 1.29 is 22.4 Å². The normalized spacial score (nSPS) is 15.7. The van der Waals surface area contributed by atoms with Crippen LogP contribution in [0.15, 0.2) is 40.1 Å². The molecule has 0 aliphatic carbocycles. The van der Waals surface area contributed by atoms with Gasteiger partial charge in [-0.05, 0) is 52.1 Å². The maximum atomic E-state index is 13.0. The van der Waals surface area contributed by atoms with E-state index in [0.717, 1.165) is 50.3 Å². The molecule has 1 amide bonds. The molecule has 34 heavy (non-hydrogen) atoms. The van der Waals surface area contributed by atoms with Crippen LogP contribution in [0.3, 0.4) is 0 Å². The van der Waals surface area contributed by atoms with Crippen molar-refractivity contribution in [2.45, 2.75) is 38.5 Å². The lowest BCUT2D eigenvalue weighted by Gasteiger charge is -2.34. The third kappa shape index (κ3) is 5.68. The quantitative estimate of drug-likeness (QED) is 0.492. The summed E-state index contributed by atoms with van der Waals surface area (Å²) in [6.45, 7) is 4.36. The van der Waals surface area contributed by atoms with Gasteiger partial charge < -0.3 is 9.32 Å². The Labute approximate surface area is 200 Å². The number of carbonyl (C=O) groups is 1. The fourth-order valence-electron chi connectivity index (χ4n) is 4.12. The number of halogens is 3. The summed E-state index contributed by atoms with van der Waals surface area (Å²) < 4.78 is 44.7. The highest BCUT2D eigenvalue weighted by molar-refractivity contribution is 7.14. The predicted octanol–water partition coefficient (Wildman–Crippen LogP) is 5.51. The first kappa shape index (κ1) is 24.4. The molecule has 1 fully saturated rings. The fourth-order valence-corrected chi connectivity index (χ4v) is 4.82. The number of thiazole rings is 1. The number of nitrogens with one attached hydrogen (secondary N) is 1. The summed E-state index contributed by atoms with van der Waals surface area (Å²) in [5.41, 5.74) is 0.643. The van der Waals surface area contributed by atoms with E-state index < -0.39 is 17.6 Å². The van der Waals surface area contributed by atoms with Gasteiger partial charge in [-0.3, -0.25) is 15.0 Å². The molecule has 0 spiro atoms. The smallest absolute Gasteiger partial charge is 0.416 e. The van der Waals surface area contributed by atoms with Gasteiger partial charge in [-0.2, -0.15) is 13.2 Å². The van der Waals surface area contributed by atoms with Crippen LogP contribution in [0.2, 0.25) is 0 Å². The van der Waals surface area contributed by atoms with Gasteiger partial charge >= 0.3 is 6.18 Å². The summed E-state index contributed by atoms with van der Waals surface area (Å²) in [4.78, 5) is 22.0. The van der Waals surface area contributed by atoms with Crippen molar-refractivity contribution in [2.24, 2.45) is 0 Å². The van der Waals surface area contributed by atoms with E-state index in [1.54, 1.807) is 6.92 Å². The number of hydrogen-bond acceptors (Lipinski definition) is 6. The zero-order valence-corrected chi connectivity index (χ0v) is 20.1. The molecule has 0 atom stereocenters. The lowest BCUT2D eigenvalue weighted by molar-refractivity contribution is -0.137. The molecule has 4 rings (SSSR count). The summed E-state index contributed by atoms with van der Waals surface area (Å²) in [7, 11) is 4.22. The number of aromatic nitrogens is 1. The molecule has 182 valence electrons. The molecule has 1 aromatic carbocycles. The van der Waals surface area contributed by atoms with Gasteiger partial charge in [0.25, 0.3) is 5.91 Å². The van der Waals surface area contributed by atoms with Gasteiger partial charge in [0.15, 0.2) is 5.13 Å².